The second kappa shape index (κ2) is 7.17. The third kappa shape index (κ3) is 3.37. The molecular formula is C20H17ClN2O2S. The van der Waals surface area contributed by atoms with Gasteiger partial charge in [0.15, 0.2) is 0 Å². The maximum atomic E-state index is 12.7. The number of anilines is 2. The third-order valence-electron chi connectivity index (χ3n) is 4.52. The van der Waals surface area contributed by atoms with E-state index in [-0.39, 0.29) is 11.1 Å². The van der Waals surface area contributed by atoms with Gasteiger partial charge in [0.2, 0.25) is 0 Å². The van der Waals surface area contributed by atoms with E-state index < -0.39 is 0 Å². The molecule has 0 unspecified atom stereocenters. The van der Waals surface area contributed by atoms with Crippen LogP contribution in [0.1, 0.15) is 18.4 Å². The molecule has 2 aromatic carbocycles. The van der Waals surface area contributed by atoms with Gasteiger partial charge in [-0.25, -0.2) is 4.90 Å². The van der Waals surface area contributed by atoms with E-state index in [1.165, 1.54) is 23.4 Å². The summed E-state index contributed by atoms with van der Waals surface area (Å²) in [6, 6.07) is 14.9. The van der Waals surface area contributed by atoms with Crippen LogP contribution in [-0.4, -0.2) is 24.2 Å². The predicted molar refractivity (Wildman–Crippen MR) is 108 cm³/mol. The van der Waals surface area contributed by atoms with Gasteiger partial charge >= 0.3 is 0 Å². The van der Waals surface area contributed by atoms with Crippen LogP contribution in [0.4, 0.5) is 16.2 Å². The van der Waals surface area contributed by atoms with Crippen molar-refractivity contribution in [1.82, 2.24) is 0 Å². The molecule has 132 valence electrons. The molecule has 4 rings (SSSR count). The standard InChI is InChI=1S/C20H17ClN2O2S/c21-15-4-3-5-17(13-15)23-19(24)18(26-20(23)25)12-14-6-8-16(9-7-14)22-10-1-2-11-22/h3-9,12-13H,1-2,10-11H2/b18-12+. The van der Waals surface area contributed by atoms with Gasteiger partial charge in [-0.05, 0) is 66.6 Å². The minimum absolute atomic E-state index is 0.308. The Kier molecular flexibility index (Phi) is 4.74. The van der Waals surface area contributed by atoms with E-state index >= 15 is 0 Å². The molecular weight excluding hydrogens is 368 g/mol. The molecule has 0 saturated carbocycles. The van der Waals surface area contributed by atoms with Crippen molar-refractivity contribution in [2.45, 2.75) is 12.8 Å². The number of hydrogen-bond donors (Lipinski definition) is 0. The number of hydrogen-bond acceptors (Lipinski definition) is 4. The van der Waals surface area contributed by atoms with Crippen molar-refractivity contribution in [3.05, 3.63) is 64.0 Å². The summed E-state index contributed by atoms with van der Waals surface area (Å²) in [6.07, 6.45) is 4.24. The zero-order valence-corrected chi connectivity index (χ0v) is 15.6. The van der Waals surface area contributed by atoms with Crippen LogP contribution in [0.3, 0.4) is 0 Å². The van der Waals surface area contributed by atoms with Crippen molar-refractivity contribution >= 4 is 52.0 Å². The van der Waals surface area contributed by atoms with Gasteiger partial charge in [0.25, 0.3) is 11.1 Å². The number of thioether (sulfide) groups is 1. The van der Waals surface area contributed by atoms with Crippen LogP contribution in [-0.2, 0) is 4.79 Å². The van der Waals surface area contributed by atoms with E-state index in [0.717, 1.165) is 30.4 Å². The molecule has 2 aliphatic heterocycles. The normalized spacial score (nSPS) is 19.0. The quantitative estimate of drug-likeness (QED) is 0.683. The highest BCUT2D eigenvalue weighted by Crippen LogP contribution is 2.36. The second-order valence-corrected chi connectivity index (χ2v) is 7.71. The summed E-state index contributed by atoms with van der Waals surface area (Å²) in [5, 5.41) is 0.181. The van der Waals surface area contributed by atoms with Gasteiger partial charge < -0.3 is 4.90 Å². The van der Waals surface area contributed by atoms with E-state index in [0.29, 0.717) is 15.6 Å². The van der Waals surface area contributed by atoms with Crippen molar-refractivity contribution in [3.8, 4) is 0 Å². The smallest absolute Gasteiger partial charge is 0.298 e. The first-order chi connectivity index (χ1) is 12.6. The lowest BCUT2D eigenvalue weighted by Gasteiger charge is -2.17. The van der Waals surface area contributed by atoms with E-state index in [4.69, 9.17) is 11.6 Å². The Morgan fingerprint density at radius 3 is 2.38 bits per heavy atom. The lowest BCUT2D eigenvalue weighted by Crippen LogP contribution is -2.27. The van der Waals surface area contributed by atoms with Gasteiger partial charge in [-0.15, -0.1) is 0 Å². The Balaban J connectivity index is 1.56. The molecule has 0 aromatic heterocycles. The summed E-state index contributed by atoms with van der Waals surface area (Å²) in [5.41, 5.74) is 2.60. The zero-order chi connectivity index (χ0) is 18.1. The predicted octanol–water partition coefficient (Wildman–Crippen LogP) is 5.18. The van der Waals surface area contributed by atoms with Gasteiger partial charge in [0.1, 0.15) is 0 Å². The summed E-state index contributed by atoms with van der Waals surface area (Å²) < 4.78 is 0. The maximum Gasteiger partial charge on any atom is 0.298 e. The van der Waals surface area contributed by atoms with Crippen LogP contribution in [0.5, 0.6) is 0 Å². The van der Waals surface area contributed by atoms with Crippen LogP contribution in [0.25, 0.3) is 6.08 Å². The highest BCUT2D eigenvalue weighted by Gasteiger charge is 2.36. The van der Waals surface area contributed by atoms with Gasteiger partial charge in [-0.2, -0.15) is 0 Å². The molecule has 2 aliphatic rings. The number of imide groups is 1. The number of carbonyl (C=O) groups excluding carboxylic acids is 2. The minimum atomic E-state index is -0.314. The van der Waals surface area contributed by atoms with Crippen LogP contribution >= 0.6 is 23.4 Å². The maximum absolute atomic E-state index is 12.7. The molecule has 0 spiro atoms. The molecule has 2 heterocycles. The first kappa shape index (κ1) is 17.2. The Morgan fingerprint density at radius 2 is 1.69 bits per heavy atom. The average molecular weight is 385 g/mol. The Hall–Kier alpha value is -2.24. The van der Waals surface area contributed by atoms with Crippen molar-refractivity contribution in [2.75, 3.05) is 22.9 Å². The van der Waals surface area contributed by atoms with Crippen LogP contribution in [0, 0.1) is 0 Å². The fourth-order valence-electron chi connectivity index (χ4n) is 3.21. The van der Waals surface area contributed by atoms with Crippen molar-refractivity contribution < 1.29 is 9.59 Å². The highest BCUT2D eigenvalue weighted by atomic mass is 35.5. The Bertz CT molecular complexity index is 889. The van der Waals surface area contributed by atoms with E-state index in [9.17, 15) is 9.59 Å². The summed E-state index contributed by atoms with van der Waals surface area (Å²) >= 11 is 6.93. The monoisotopic (exact) mass is 384 g/mol. The molecule has 0 radical (unpaired) electrons. The molecule has 2 amide bonds. The third-order valence-corrected chi connectivity index (χ3v) is 5.63. The summed E-state index contributed by atoms with van der Waals surface area (Å²) in [7, 11) is 0. The summed E-state index contributed by atoms with van der Waals surface area (Å²) in [4.78, 5) is 28.9. The molecule has 6 heteroatoms. The number of halogens is 1. The number of benzene rings is 2. The molecule has 0 N–H and O–H groups in total. The molecule has 0 aliphatic carbocycles. The summed E-state index contributed by atoms with van der Waals surface area (Å²) in [5.74, 6) is -0.314. The van der Waals surface area contributed by atoms with Crippen molar-refractivity contribution in [1.29, 1.82) is 0 Å². The fourth-order valence-corrected chi connectivity index (χ4v) is 4.24. The molecule has 26 heavy (non-hydrogen) atoms. The second-order valence-electron chi connectivity index (χ2n) is 6.28. The number of amides is 2. The minimum Gasteiger partial charge on any atom is -0.372 e. The zero-order valence-electron chi connectivity index (χ0n) is 14.0. The lowest BCUT2D eigenvalue weighted by molar-refractivity contribution is -0.113. The van der Waals surface area contributed by atoms with Crippen LogP contribution in [0.15, 0.2) is 53.4 Å². The molecule has 2 fully saturated rings. The van der Waals surface area contributed by atoms with Crippen LogP contribution in [0.2, 0.25) is 5.02 Å². The van der Waals surface area contributed by atoms with Gasteiger partial charge in [-0.1, -0.05) is 29.8 Å². The molecule has 2 saturated heterocycles. The average Bonchev–Trinajstić information content (AvgIpc) is 3.25. The molecule has 4 nitrogen and oxygen atoms in total. The number of carbonyl (C=O) groups is 2. The highest BCUT2D eigenvalue weighted by molar-refractivity contribution is 8.19. The first-order valence-electron chi connectivity index (χ1n) is 8.50. The number of rotatable bonds is 3. The SMILES string of the molecule is O=C1S/C(=C/c2ccc(N3CCCC3)cc2)C(=O)N1c1cccc(Cl)c1. The van der Waals surface area contributed by atoms with Gasteiger partial charge in [0.05, 0.1) is 10.6 Å². The topological polar surface area (TPSA) is 40.6 Å². The first-order valence-corrected chi connectivity index (χ1v) is 9.70. The fraction of sp³-hybridized carbons (Fsp3) is 0.200. The molecule has 0 bridgehead atoms. The Labute approximate surface area is 161 Å². The van der Waals surface area contributed by atoms with Crippen LogP contribution < -0.4 is 9.80 Å². The molecule has 2 aromatic rings. The van der Waals surface area contributed by atoms with Crippen molar-refractivity contribution in [2.24, 2.45) is 0 Å². The Morgan fingerprint density at radius 1 is 0.962 bits per heavy atom. The largest absolute Gasteiger partial charge is 0.372 e. The van der Waals surface area contributed by atoms with Gasteiger partial charge in [0, 0.05) is 23.8 Å². The molecule has 0 atom stereocenters. The van der Waals surface area contributed by atoms with E-state index in [1.54, 1.807) is 30.3 Å². The van der Waals surface area contributed by atoms with E-state index in [2.05, 4.69) is 17.0 Å². The van der Waals surface area contributed by atoms with Crippen molar-refractivity contribution in [3.63, 3.8) is 0 Å². The lowest BCUT2D eigenvalue weighted by atomic mass is 10.1. The number of nitrogens with zero attached hydrogens (tertiary/aromatic N) is 2. The van der Waals surface area contributed by atoms with E-state index in [1.807, 2.05) is 12.1 Å². The van der Waals surface area contributed by atoms with Gasteiger partial charge in [-0.3, -0.25) is 9.59 Å². The summed E-state index contributed by atoms with van der Waals surface area (Å²) in [6.45, 7) is 2.19.